The molecular formula is C12H16O3S. The number of hydrogen-bond acceptors (Lipinski definition) is 4. The summed E-state index contributed by atoms with van der Waals surface area (Å²) in [6.07, 6.45) is 3.89. The van der Waals surface area contributed by atoms with E-state index < -0.39 is 0 Å². The molecule has 2 rings (SSSR count). The van der Waals surface area contributed by atoms with Gasteiger partial charge >= 0.3 is 5.97 Å². The van der Waals surface area contributed by atoms with Crippen molar-refractivity contribution in [2.45, 2.75) is 25.9 Å². The summed E-state index contributed by atoms with van der Waals surface area (Å²) in [5, 5.41) is 0. The molecule has 2 heterocycles. The Morgan fingerprint density at radius 1 is 1.75 bits per heavy atom. The van der Waals surface area contributed by atoms with Crippen molar-refractivity contribution < 1.29 is 14.3 Å². The number of rotatable bonds is 3. The molecule has 0 spiro atoms. The predicted octanol–water partition coefficient (Wildman–Crippen LogP) is 2.49. The van der Waals surface area contributed by atoms with Crippen LogP contribution in [0.15, 0.2) is 23.3 Å². The van der Waals surface area contributed by atoms with Gasteiger partial charge in [-0.2, -0.15) is 0 Å². The number of allylic oxidation sites excluding steroid dienone is 1. The Kier molecular flexibility index (Phi) is 3.59. The zero-order chi connectivity index (χ0) is 11.5. The highest BCUT2D eigenvalue weighted by Crippen LogP contribution is 2.43. The van der Waals surface area contributed by atoms with Crippen LogP contribution in [0.1, 0.15) is 19.8 Å². The summed E-state index contributed by atoms with van der Waals surface area (Å²) in [6, 6.07) is 0. The lowest BCUT2D eigenvalue weighted by Gasteiger charge is -2.19. The van der Waals surface area contributed by atoms with E-state index in [1.807, 2.05) is 6.92 Å². The summed E-state index contributed by atoms with van der Waals surface area (Å²) in [5.74, 6) is 1.94. The molecule has 4 heteroatoms. The molecule has 2 aliphatic heterocycles. The maximum absolute atomic E-state index is 11.7. The molecule has 0 amide bonds. The Balaban J connectivity index is 2.21. The van der Waals surface area contributed by atoms with Gasteiger partial charge in [-0.15, -0.1) is 11.8 Å². The summed E-state index contributed by atoms with van der Waals surface area (Å²) < 4.78 is 10.8. The summed E-state index contributed by atoms with van der Waals surface area (Å²) in [4.78, 5) is 12.4. The Bertz CT molecular complexity index is 335. The van der Waals surface area contributed by atoms with Crippen LogP contribution < -0.4 is 0 Å². The fourth-order valence-electron chi connectivity index (χ4n) is 2.06. The molecule has 0 unspecified atom stereocenters. The molecule has 16 heavy (non-hydrogen) atoms. The van der Waals surface area contributed by atoms with Crippen molar-refractivity contribution in [3.63, 3.8) is 0 Å². The fraction of sp³-hybridized carbons (Fsp3) is 0.583. The van der Waals surface area contributed by atoms with Crippen molar-refractivity contribution in [2.24, 2.45) is 5.92 Å². The van der Waals surface area contributed by atoms with Crippen LogP contribution in [0.3, 0.4) is 0 Å². The molecule has 0 aromatic heterocycles. The van der Waals surface area contributed by atoms with Crippen LogP contribution in [0.4, 0.5) is 0 Å². The van der Waals surface area contributed by atoms with Gasteiger partial charge in [-0.1, -0.05) is 12.7 Å². The summed E-state index contributed by atoms with van der Waals surface area (Å²) in [6.45, 7) is 5.96. The molecule has 88 valence electrons. The summed E-state index contributed by atoms with van der Waals surface area (Å²) in [5.41, 5.74) is 0. The number of esters is 1. The van der Waals surface area contributed by atoms with E-state index in [-0.39, 0.29) is 12.1 Å². The Labute approximate surface area is 99.9 Å². The molecule has 2 atom stereocenters. The first-order chi connectivity index (χ1) is 7.76. The van der Waals surface area contributed by atoms with Gasteiger partial charge < -0.3 is 9.47 Å². The Morgan fingerprint density at radius 2 is 2.56 bits per heavy atom. The fourth-order valence-corrected chi connectivity index (χ4v) is 3.20. The monoisotopic (exact) mass is 240 g/mol. The molecular weight excluding hydrogens is 224 g/mol. The van der Waals surface area contributed by atoms with E-state index in [0.717, 1.165) is 24.4 Å². The quantitative estimate of drug-likeness (QED) is 0.561. The summed E-state index contributed by atoms with van der Waals surface area (Å²) >= 11 is 1.55. The van der Waals surface area contributed by atoms with Crippen LogP contribution in [0.25, 0.3) is 0 Å². The first kappa shape index (κ1) is 11.6. The van der Waals surface area contributed by atoms with Crippen LogP contribution >= 0.6 is 11.8 Å². The van der Waals surface area contributed by atoms with Crippen LogP contribution in [0.5, 0.6) is 0 Å². The minimum Gasteiger partial charge on any atom is -0.489 e. The molecule has 0 radical (unpaired) electrons. The largest absolute Gasteiger partial charge is 0.489 e. The van der Waals surface area contributed by atoms with Crippen molar-refractivity contribution in [3.05, 3.63) is 23.3 Å². The first-order valence-corrected chi connectivity index (χ1v) is 6.58. The minimum atomic E-state index is -0.239. The van der Waals surface area contributed by atoms with Gasteiger partial charge in [-0.3, -0.25) is 0 Å². The van der Waals surface area contributed by atoms with Crippen molar-refractivity contribution in [3.8, 4) is 0 Å². The molecule has 0 bridgehead atoms. The van der Waals surface area contributed by atoms with E-state index in [1.54, 1.807) is 17.8 Å². The van der Waals surface area contributed by atoms with Crippen LogP contribution in [-0.2, 0) is 14.3 Å². The highest BCUT2D eigenvalue weighted by Gasteiger charge is 2.37. The first-order valence-electron chi connectivity index (χ1n) is 5.59. The molecule has 0 aliphatic carbocycles. The second-order valence-electron chi connectivity index (χ2n) is 3.88. The lowest BCUT2D eigenvalue weighted by atomic mass is 9.99. The average molecular weight is 240 g/mol. The third kappa shape index (κ3) is 2.12. The molecule has 0 aromatic carbocycles. The van der Waals surface area contributed by atoms with E-state index in [4.69, 9.17) is 9.47 Å². The number of carbonyl (C=O) groups excluding carboxylic acids is 1. The number of hydrogen-bond donors (Lipinski definition) is 0. The van der Waals surface area contributed by atoms with Gasteiger partial charge in [0.1, 0.15) is 16.8 Å². The van der Waals surface area contributed by atoms with E-state index >= 15 is 0 Å². The summed E-state index contributed by atoms with van der Waals surface area (Å²) in [7, 11) is 0. The zero-order valence-corrected chi connectivity index (χ0v) is 10.2. The molecule has 0 N–H and O–H groups in total. The minimum absolute atomic E-state index is 0.0585. The van der Waals surface area contributed by atoms with E-state index in [0.29, 0.717) is 17.4 Å². The SMILES string of the molecule is C=C[C@H]1C[C@H]2CCSC(C(=O)OCC)=C2O1. The van der Waals surface area contributed by atoms with Crippen molar-refractivity contribution in [2.75, 3.05) is 12.4 Å². The van der Waals surface area contributed by atoms with E-state index in [1.165, 1.54) is 0 Å². The maximum Gasteiger partial charge on any atom is 0.348 e. The second-order valence-corrected chi connectivity index (χ2v) is 4.98. The van der Waals surface area contributed by atoms with Crippen molar-refractivity contribution in [1.29, 1.82) is 0 Å². The molecule has 1 fully saturated rings. The zero-order valence-electron chi connectivity index (χ0n) is 9.40. The highest BCUT2D eigenvalue weighted by molar-refractivity contribution is 8.04. The smallest absolute Gasteiger partial charge is 0.348 e. The standard InChI is InChI=1S/C12H16O3S/c1-3-9-7-8-5-6-16-11(10(8)15-9)12(13)14-4-2/h3,8-9H,1,4-7H2,2H3/t8-,9+/m1/s1. The van der Waals surface area contributed by atoms with Crippen molar-refractivity contribution >= 4 is 17.7 Å². The van der Waals surface area contributed by atoms with Gasteiger partial charge in [0.05, 0.1) is 6.61 Å². The molecule has 3 nitrogen and oxygen atoms in total. The lowest BCUT2D eigenvalue weighted by Crippen LogP contribution is -2.15. The van der Waals surface area contributed by atoms with Gasteiger partial charge in [-0.25, -0.2) is 4.79 Å². The predicted molar refractivity (Wildman–Crippen MR) is 63.9 cm³/mol. The number of carbonyl (C=O) groups is 1. The van der Waals surface area contributed by atoms with Gasteiger partial charge in [-0.05, 0) is 25.5 Å². The van der Waals surface area contributed by atoms with Gasteiger partial charge in [0.2, 0.25) is 0 Å². The van der Waals surface area contributed by atoms with Crippen LogP contribution in [0.2, 0.25) is 0 Å². The topological polar surface area (TPSA) is 35.5 Å². The molecule has 2 aliphatic rings. The number of thioether (sulfide) groups is 1. The second kappa shape index (κ2) is 4.95. The van der Waals surface area contributed by atoms with Crippen LogP contribution in [0, 0.1) is 5.92 Å². The van der Waals surface area contributed by atoms with Gasteiger partial charge in [0.15, 0.2) is 0 Å². The van der Waals surface area contributed by atoms with Crippen molar-refractivity contribution in [1.82, 2.24) is 0 Å². The van der Waals surface area contributed by atoms with E-state index in [2.05, 4.69) is 6.58 Å². The number of fused-ring (bicyclic) bond motifs is 1. The van der Waals surface area contributed by atoms with Crippen LogP contribution in [-0.4, -0.2) is 24.4 Å². The average Bonchev–Trinajstić information content (AvgIpc) is 2.71. The normalized spacial score (nSPS) is 28.3. The third-order valence-corrected chi connectivity index (χ3v) is 3.92. The highest BCUT2D eigenvalue weighted by atomic mass is 32.2. The molecule has 1 saturated heterocycles. The molecule has 0 saturated carbocycles. The van der Waals surface area contributed by atoms with Gasteiger partial charge in [0.25, 0.3) is 0 Å². The Hall–Kier alpha value is -0.900. The molecule has 0 aromatic rings. The van der Waals surface area contributed by atoms with E-state index in [9.17, 15) is 4.79 Å². The van der Waals surface area contributed by atoms with Gasteiger partial charge in [0, 0.05) is 5.92 Å². The maximum atomic E-state index is 11.7. The Morgan fingerprint density at radius 3 is 3.25 bits per heavy atom. The lowest BCUT2D eigenvalue weighted by molar-refractivity contribution is -0.137. The third-order valence-electron chi connectivity index (χ3n) is 2.83. The number of ether oxygens (including phenoxy) is 2.